The fraction of sp³-hybridized carbons (Fsp3) is 0.368. The molecule has 0 bridgehead atoms. The van der Waals surface area contributed by atoms with E-state index in [1.807, 2.05) is 31.2 Å². The zero-order valence-corrected chi connectivity index (χ0v) is 27.8. The molecule has 0 saturated carbocycles. The second-order valence-electron chi connectivity index (χ2n) is 6.05. The van der Waals surface area contributed by atoms with Crippen molar-refractivity contribution in [3.05, 3.63) is 66.8 Å². The van der Waals surface area contributed by atoms with Crippen molar-refractivity contribution in [2.75, 3.05) is 17.3 Å². The summed E-state index contributed by atoms with van der Waals surface area (Å²) < 4.78 is 30.0. The zero-order valence-electron chi connectivity index (χ0n) is 16.3. The van der Waals surface area contributed by atoms with Crippen LogP contribution in [0.1, 0.15) is 36.8 Å². The first-order valence-electron chi connectivity index (χ1n) is 8.03. The molecule has 9 heteroatoms. The number of benzene rings is 2. The van der Waals surface area contributed by atoms with Crippen molar-refractivity contribution in [3.8, 4) is 0 Å². The molecule has 0 aliphatic rings. The number of rotatable bonds is 6. The van der Waals surface area contributed by atoms with E-state index < -0.39 is 10.1 Å². The first kappa shape index (κ1) is 32.4. The Morgan fingerprint density at radius 1 is 0.857 bits per heavy atom. The molecule has 0 N–H and O–H groups in total. The van der Waals surface area contributed by atoms with Crippen molar-refractivity contribution >= 4 is 77.9 Å². The molecule has 0 amide bonds. The van der Waals surface area contributed by atoms with Crippen LogP contribution in [0.4, 0.5) is 0 Å². The predicted octanol–water partition coefficient (Wildman–Crippen LogP) is 0.209. The van der Waals surface area contributed by atoms with Crippen LogP contribution in [0.25, 0.3) is 0 Å². The second kappa shape index (κ2) is 16.8. The third-order valence-electron chi connectivity index (χ3n) is 3.64. The Hall–Kier alpha value is 2.27. The van der Waals surface area contributed by atoms with E-state index in [9.17, 15) is 8.42 Å². The van der Waals surface area contributed by atoms with Gasteiger partial charge in [0.1, 0.15) is 0 Å². The summed E-state index contributed by atoms with van der Waals surface area (Å²) in [5.41, 5.74) is 2.53. The maximum absolute atomic E-state index is 10.8. The fourth-order valence-electron chi connectivity index (χ4n) is 1.99. The number of alkyl halides is 1. The normalized spacial score (nSPS) is 12.5. The molecule has 0 heterocycles. The van der Waals surface area contributed by atoms with Gasteiger partial charge in [0.15, 0.2) is 0 Å². The van der Waals surface area contributed by atoms with Crippen LogP contribution >= 0.6 is 67.8 Å². The molecule has 0 aromatic heterocycles. The molecule has 2 atom stereocenters. The van der Waals surface area contributed by atoms with Crippen molar-refractivity contribution in [1.29, 1.82) is 0 Å². The average molecular weight is 862 g/mol. The molecule has 2 aromatic rings. The molecule has 3 nitrogen and oxygen atoms in total. The molecule has 28 heavy (non-hydrogen) atoms. The van der Waals surface area contributed by atoms with Crippen molar-refractivity contribution in [3.63, 3.8) is 0 Å². The van der Waals surface area contributed by atoms with Crippen LogP contribution in [0.15, 0.2) is 48.5 Å². The summed E-state index contributed by atoms with van der Waals surface area (Å²) in [4.78, 5) is 0. The van der Waals surface area contributed by atoms with E-state index in [0.29, 0.717) is 5.92 Å². The summed E-state index contributed by atoms with van der Waals surface area (Å²) in [5.74, 6) is 0.768. The summed E-state index contributed by atoms with van der Waals surface area (Å²) in [5, 5.41) is 0. The number of hydrogen-bond donors (Lipinski definition) is 0. The van der Waals surface area contributed by atoms with E-state index in [0.717, 1.165) is 15.4 Å². The van der Waals surface area contributed by atoms with E-state index in [2.05, 4.69) is 99.0 Å². The van der Waals surface area contributed by atoms with Crippen molar-refractivity contribution in [1.82, 2.24) is 0 Å². The third-order valence-corrected chi connectivity index (χ3v) is 6.97. The van der Waals surface area contributed by atoms with Gasteiger partial charge >= 0.3 is 29.6 Å². The summed E-state index contributed by atoms with van der Waals surface area (Å²) in [7, 11) is -3.34. The van der Waals surface area contributed by atoms with Gasteiger partial charge in [0.05, 0.1) is 12.9 Å². The van der Waals surface area contributed by atoms with E-state index >= 15 is 0 Å². The number of hydrogen-bond acceptors (Lipinski definition) is 3. The van der Waals surface area contributed by atoms with Gasteiger partial charge < -0.3 is 24.0 Å². The Balaban J connectivity index is 0. The summed E-state index contributed by atoms with van der Waals surface area (Å²) in [6.07, 6.45) is 1.06. The standard InChI is InChI=1S/C10H13IO3S.C9H10I2.HI.Na/c1-8(7-14-15(2,12)13)9-3-5-10(11)6-4-9;1-7(6-10)8-2-4-9(11)5-3-8;;/h3-6,8H,7H2,1-2H3;2-5,7H,6H2,1H3;1H;/q;;;+1/p-1/t8-;7-;;/m00../s1. The molecule has 2 rings (SSSR count). The molecule has 0 fully saturated rings. The van der Waals surface area contributed by atoms with Crippen LogP contribution in [0.5, 0.6) is 0 Å². The van der Waals surface area contributed by atoms with E-state index in [1.165, 1.54) is 13.6 Å². The van der Waals surface area contributed by atoms with Gasteiger partial charge in [-0.25, -0.2) is 0 Å². The summed E-state index contributed by atoms with van der Waals surface area (Å²) >= 11 is 6.98. The minimum atomic E-state index is -3.34. The van der Waals surface area contributed by atoms with Crippen molar-refractivity contribution < 1.29 is 66.1 Å². The minimum Gasteiger partial charge on any atom is -1.00 e. The average Bonchev–Trinajstić information content (AvgIpc) is 2.60. The Bertz CT molecular complexity index is 769. The maximum Gasteiger partial charge on any atom is 1.00 e. The van der Waals surface area contributed by atoms with Gasteiger partial charge in [0, 0.05) is 17.5 Å². The van der Waals surface area contributed by atoms with Gasteiger partial charge in [-0.2, -0.15) is 8.42 Å². The van der Waals surface area contributed by atoms with Gasteiger partial charge in [-0.05, 0) is 86.5 Å². The molecule has 2 aromatic carbocycles. The van der Waals surface area contributed by atoms with Crippen LogP contribution < -0.4 is 53.5 Å². The Morgan fingerprint density at radius 3 is 1.54 bits per heavy atom. The van der Waals surface area contributed by atoms with Crippen molar-refractivity contribution in [2.24, 2.45) is 0 Å². The predicted molar refractivity (Wildman–Crippen MR) is 135 cm³/mol. The fourth-order valence-corrected chi connectivity index (χ4v) is 3.67. The molecular formula is C19H23I4NaO3S. The quantitative estimate of drug-likeness (QED) is 0.181. The topological polar surface area (TPSA) is 43.4 Å². The summed E-state index contributed by atoms with van der Waals surface area (Å²) in [6, 6.07) is 16.7. The van der Waals surface area contributed by atoms with Gasteiger partial charge in [0.2, 0.25) is 0 Å². The van der Waals surface area contributed by atoms with Crippen molar-refractivity contribution in [2.45, 2.75) is 25.7 Å². The smallest absolute Gasteiger partial charge is 1.00 e. The molecule has 0 spiro atoms. The maximum atomic E-state index is 10.8. The molecule has 0 aliphatic carbocycles. The van der Waals surface area contributed by atoms with Crippen LogP contribution in [0.2, 0.25) is 0 Å². The Labute approximate surface area is 249 Å². The van der Waals surface area contributed by atoms with Crippen LogP contribution in [-0.4, -0.2) is 25.7 Å². The molecule has 0 aliphatic heterocycles. The van der Waals surface area contributed by atoms with E-state index in [1.54, 1.807) is 0 Å². The monoisotopic (exact) mass is 862 g/mol. The van der Waals surface area contributed by atoms with E-state index in [4.69, 9.17) is 4.18 Å². The van der Waals surface area contributed by atoms with Gasteiger partial charge in [-0.15, -0.1) is 0 Å². The third kappa shape index (κ3) is 14.4. The number of halogens is 4. The van der Waals surface area contributed by atoms with Gasteiger partial charge in [0.25, 0.3) is 10.1 Å². The molecule has 152 valence electrons. The molecule has 0 saturated heterocycles. The zero-order chi connectivity index (χ0) is 19.7. The Morgan fingerprint density at radius 2 is 1.21 bits per heavy atom. The van der Waals surface area contributed by atoms with Gasteiger partial charge in [-0.3, -0.25) is 4.18 Å². The van der Waals surface area contributed by atoms with E-state index in [-0.39, 0.29) is 66.1 Å². The molecule has 0 unspecified atom stereocenters. The first-order valence-corrected chi connectivity index (χ1v) is 13.5. The van der Waals surface area contributed by atoms with Crippen LogP contribution in [0, 0.1) is 7.14 Å². The van der Waals surface area contributed by atoms with Crippen LogP contribution in [-0.2, 0) is 14.3 Å². The first-order chi connectivity index (χ1) is 12.1. The minimum absolute atomic E-state index is 0. The SMILES string of the molecule is C[C@@H](CI)c1ccc(I)cc1.C[C@@H](COS(C)(=O)=O)c1ccc(I)cc1.[I-].[Na+]. The largest absolute Gasteiger partial charge is 1.00 e. The Kier molecular flexibility index (Phi) is 19.5. The van der Waals surface area contributed by atoms with Crippen LogP contribution in [0.3, 0.4) is 0 Å². The summed E-state index contributed by atoms with van der Waals surface area (Å²) in [6.45, 7) is 4.39. The molecular weight excluding hydrogens is 839 g/mol. The molecule has 0 radical (unpaired) electrons. The second-order valence-corrected chi connectivity index (χ2v) is 11.1. The van der Waals surface area contributed by atoms with Gasteiger partial charge in [-0.1, -0.05) is 60.7 Å².